The Morgan fingerprint density at radius 1 is 1.12 bits per heavy atom. The van der Waals surface area contributed by atoms with Gasteiger partial charge in [0, 0.05) is 12.6 Å². The zero-order valence-corrected chi connectivity index (χ0v) is 11.8. The van der Waals surface area contributed by atoms with Crippen LogP contribution in [0, 0.1) is 0 Å². The van der Waals surface area contributed by atoms with Gasteiger partial charge in [0.15, 0.2) is 0 Å². The lowest BCUT2D eigenvalue weighted by Gasteiger charge is -2.28. The summed E-state index contributed by atoms with van der Waals surface area (Å²) in [4.78, 5) is 11.5. The summed E-state index contributed by atoms with van der Waals surface area (Å²) in [6.07, 6.45) is -0.433. The molecule has 0 aliphatic carbocycles. The van der Waals surface area contributed by atoms with Crippen molar-refractivity contribution in [2.75, 3.05) is 26.9 Å². The number of hydrogen-bond donors (Lipinski definition) is 1. The van der Waals surface area contributed by atoms with Crippen LogP contribution in [-0.4, -0.2) is 44.2 Å². The summed E-state index contributed by atoms with van der Waals surface area (Å²) < 4.78 is 15.5. The predicted octanol–water partition coefficient (Wildman–Crippen LogP) is 1.95. The molecule has 0 radical (unpaired) electrons. The molecule has 0 aromatic carbocycles. The van der Waals surface area contributed by atoms with E-state index in [1.54, 1.807) is 7.11 Å². The SMILES string of the molecule is COCCOCC(C)(C)OC(=O)NC(C)(C)C. The van der Waals surface area contributed by atoms with Crippen molar-refractivity contribution in [3.05, 3.63) is 0 Å². The van der Waals surface area contributed by atoms with Crippen molar-refractivity contribution in [3.63, 3.8) is 0 Å². The second-order valence-corrected chi connectivity index (χ2v) is 5.57. The number of hydrogen-bond acceptors (Lipinski definition) is 4. The highest BCUT2D eigenvalue weighted by atomic mass is 16.6. The Labute approximate surface area is 104 Å². The largest absolute Gasteiger partial charge is 0.441 e. The van der Waals surface area contributed by atoms with Crippen LogP contribution in [0.1, 0.15) is 34.6 Å². The zero-order chi connectivity index (χ0) is 13.5. The predicted molar refractivity (Wildman–Crippen MR) is 66.1 cm³/mol. The quantitative estimate of drug-likeness (QED) is 0.729. The molecule has 0 fully saturated rings. The Morgan fingerprint density at radius 3 is 2.18 bits per heavy atom. The van der Waals surface area contributed by atoms with Crippen LogP contribution < -0.4 is 5.32 Å². The number of alkyl carbamates (subject to hydrolysis) is 1. The van der Waals surface area contributed by atoms with E-state index in [2.05, 4.69) is 5.32 Å². The number of carbonyl (C=O) groups is 1. The van der Waals surface area contributed by atoms with Gasteiger partial charge in [-0.15, -0.1) is 0 Å². The fraction of sp³-hybridized carbons (Fsp3) is 0.917. The molecule has 0 aliphatic heterocycles. The third-order valence-electron chi connectivity index (χ3n) is 1.73. The van der Waals surface area contributed by atoms with Crippen molar-refractivity contribution >= 4 is 6.09 Å². The van der Waals surface area contributed by atoms with Gasteiger partial charge >= 0.3 is 6.09 Å². The van der Waals surface area contributed by atoms with Gasteiger partial charge in [-0.25, -0.2) is 4.79 Å². The van der Waals surface area contributed by atoms with Crippen LogP contribution in [0.4, 0.5) is 4.79 Å². The van der Waals surface area contributed by atoms with Gasteiger partial charge in [0.1, 0.15) is 5.60 Å². The van der Waals surface area contributed by atoms with E-state index in [4.69, 9.17) is 14.2 Å². The summed E-state index contributed by atoms with van der Waals surface area (Å²) in [6, 6.07) is 0. The lowest BCUT2D eigenvalue weighted by Crippen LogP contribution is -2.45. The van der Waals surface area contributed by atoms with E-state index in [0.717, 1.165) is 0 Å². The van der Waals surface area contributed by atoms with Crippen LogP contribution in [0.25, 0.3) is 0 Å². The Kier molecular flexibility index (Phi) is 6.49. The molecule has 0 aliphatic rings. The molecule has 0 saturated heterocycles. The summed E-state index contributed by atoms with van der Waals surface area (Å²) in [5, 5.41) is 2.74. The molecule has 0 atom stereocenters. The van der Waals surface area contributed by atoms with Gasteiger partial charge in [-0.2, -0.15) is 0 Å². The average molecular weight is 247 g/mol. The molecule has 0 aromatic rings. The molecule has 5 heteroatoms. The van der Waals surface area contributed by atoms with Gasteiger partial charge < -0.3 is 19.5 Å². The Bertz CT molecular complexity index is 233. The maximum Gasteiger partial charge on any atom is 0.408 e. The number of nitrogens with one attached hydrogen (secondary N) is 1. The number of rotatable bonds is 6. The normalized spacial score (nSPS) is 12.4. The third kappa shape index (κ3) is 10.1. The highest BCUT2D eigenvalue weighted by Crippen LogP contribution is 2.11. The highest BCUT2D eigenvalue weighted by Gasteiger charge is 2.25. The van der Waals surface area contributed by atoms with Gasteiger partial charge in [-0.1, -0.05) is 0 Å². The Hall–Kier alpha value is -0.810. The molecular weight excluding hydrogens is 222 g/mol. The fourth-order valence-electron chi connectivity index (χ4n) is 1.07. The molecule has 0 bridgehead atoms. The van der Waals surface area contributed by atoms with E-state index in [1.807, 2.05) is 34.6 Å². The fourth-order valence-corrected chi connectivity index (χ4v) is 1.07. The first-order valence-electron chi connectivity index (χ1n) is 5.74. The van der Waals surface area contributed by atoms with Gasteiger partial charge in [0.2, 0.25) is 0 Å². The second-order valence-electron chi connectivity index (χ2n) is 5.57. The first-order valence-corrected chi connectivity index (χ1v) is 5.74. The topological polar surface area (TPSA) is 56.8 Å². The molecule has 17 heavy (non-hydrogen) atoms. The molecule has 102 valence electrons. The maximum absolute atomic E-state index is 11.5. The number of ether oxygens (including phenoxy) is 3. The minimum atomic E-state index is -0.650. The number of carbonyl (C=O) groups excluding carboxylic acids is 1. The monoisotopic (exact) mass is 247 g/mol. The first kappa shape index (κ1) is 16.2. The zero-order valence-electron chi connectivity index (χ0n) is 11.8. The minimum Gasteiger partial charge on any atom is -0.441 e. The Morgan fingerprint density at radius 2 is 1.71 bits per heavy atom. The van der Waals surface area contributed by atoms with Gasteiger partial charge in [-0.05, 0) is 34.6 Å². The third-order valence-corrected chi connectivity index (χ3v) is 1.73. The van der Waals surface area contributed by atoms with Crippen molar-refractivity contribution in [2.24, 2.45) is 0 Å². The molecule has 0 heterocycles. The summed E-state index contributed by atoms with van der Waals surface area (Å²) in [5.74, 6) is 0. The Balaban J connectivity index is 3.94. The van der Waals surface area contributed by atoms with E-state index >= 15 is 0 Å². The molecular formula is C12H25NO4. The van der Waals surface area contributed by atoms with Crippen LogP contribution in [0.2, 0.25) is 0 Å². The average Bonchev–Trinajstić information content (AvgIpc) is 2.08. The lowest BCUT2D eigenvalue weighted by atomic mass is 10.1. The first-order chi connectivity index (χ1) is 7.66. The molecule has 0 spiro atoms. The van der Waals surface area contributed by atoms with Crippen LogP contribution in [0.15, 0.2) is 0 Å². The minimum absolute atomic E-state index is 0.302. The van der Waals surface area contributed by atoms with Crippen molar-refractivity contribution in [1.29, 1.82) is 0 Å². The lowest BCUT2D eigenvalue weighted by molar-refractivity contribution is -0.0437. The molecule has 0 saturated carbocycles. The molecule has 5 nitrogen and oxygen atoms in total. The number of amides is 1. The molecule has 1 N–H and O–H groups in total. The van der Waals surface area contributed by atoms with Gasteiger partial charge in [0.05, 0.1) is 19.8 Å². The molecule has 1 amide bonds. The van der Waals surface area contributed by atoms with Crippen LogP contribution in [-0.2, 0) is 14.2 Å². The summed E-state index contributed by atoms with van der Waals surface area (Å²) in [6.45, 7) is 10.7. The van der Waals surface area contributed by atoms with Crippen LogP contribution in [0.3, 0.4) is 0 Å². The van der Waals surface area contributed by atoms with Gasteiger partial charge in [0.25, 0.3) is 0 Å². The van der Waals surface area contributed by atoms with E-state index in [-0.39, 0.29) is 5.54 Å². The van der Waals surface area contributed by atoms with Crippen LogP contribution >= 0.6 is 0 Å². The molecule has 0 rings (SSSR count). The van der Waals surface area contributed by atoms with Crippen molar-refractivity contribution in [3.8, 4) is 0 Å². The van der Waals surface area contributed by atoms with E-state index in [0.29, 0.717) is 19.8 Å². The van der Waals surface area contributed by atoms with Crippen molar-refractivity contribution < 1.29 is 19.0 Å². The van der Waals surface area contributed by atoms with E-state index in [1.165, 1.54) is 0 Å². The highest BCUT2D eigenvalue weighted by molar-refractivity contribution is 5.68. The van der Waals surface area contributed by atoms with Crippen molar-refractivity contribution in [2.45, 2.75) is 45.8 Å². The molecule has 0 aromatic heterocycles. The summed E-state index contributed by atoms with van der Waals surface area (Å²) >= 11 is 0. The van der Waals surface area contributed by atoms with E-state index in [9.17, 15) is 4.79 Å². The van der Waals surface area contributed by atoms with Gasteiger partial charge in [-0.3, -0.25) is 0 Å². The summed E-state index contributed by atoms with van der Waals surface area (Å²) in [5.41, 5.74) is -0.951. The smallest absolute Gasteiger partial charge is 0.408 e. The van der Waals surface area contributed by atoms with Crippen molar-refractivity contribution in [1.82, 2.24) is 5.32 Å². The summed E-state index contributed by atoms with van der Waals surface area (Å²) in [7, 11) is 1.61. The molecule has 0 unspecified atom stereocenters. The standard InChI is InChI=1S/C12H25NO4/c1-11(2,3)13-10(14)17-12(4,5)9-16-8-7-15-6/h7-9H2,1-6H3,(H,13,14). The van der Waals surface area contributed by atoms with Crippen LogP contribution in [0.5, 0.6) is 0 Å². The second kappa shape index (κ2) is 6.81. The van der Waals surface area contributed by atoms with E-state index < -0.39 is 11.7 Å². The maximum atomic E-state index is 11.5. The number of methoxy groups -OCH3 is 1.